The lowest BCUT2D eigenvalue weighted by Gasteiger charge is -2.05. The zero-order valence-electron chi connectivity index (χ0n) is 6.84. The summed E-state index contributed by atoms with van der Waals surface area (Å²) in [5.41, 5.74) is 0. The van der Waals surface area contributed by atoms with Gasteiger partial charge in [0.2, 0.25) is 0 Å². The summed E-state index contributed by atoms with van der Waals surface area (Å²) in [6.45, 7) is -0.197. The molecule has 1 unspecified atom stereocenters. The minimum Gasteiger partial charge on any atom is -0.394 e. The van der Waals surface area contributed by atoms with Gasteiger partial charge in [-0.15, -0.1) is 0 Å². The molecule has 0 aliphatic rings. The lowest BCUT2D eigenvalue weighted by Crippen LogP contribution is -2.14. The first-order valence-electron chi connectivity index (χ1n) is 3.63. The molecule has 4 nitrogen and oxygen atoms in total. The Labute approximate surface area is 75.2 Å². The number of nitrogens with zero attached hydrogens (tertiary/aromatic N) is 2. The Morgan fingerprint density at radius 1 is 1.75 bits per heavy atom. The second kappa shape index (κ2) is 4.49. The van der Waals surface area contributed by atoms with Crippen molar-refractivity contribution in [3.63, 3.8) is 0 Å². The van der Waals surface area contributed by atoms with Gasteiger partial charge < -0.3 is 14.8 Å². The number of hydrogen-bond donors (Lipinski definition) is 2. The Kier molecular flexibility index (Phi) is 3.58. The largest absolute Gasteiger partial charge is 0.394 e. The highest BCUT2D eigenvalue weighted by atomic mass is 32.2. The van der Waals surface area contributed by atoms with Gasteiger partial charge in [0.15, 0.2) is 5.16 Å². The molecule has 0 amide bonds. The number of aliphatic hydroxyl groups is 2. The van der Waals surface area contributed by atoms with Crippen molar-refractivity contribution in [1.82, 2.24) is 9.55 Å². The van der Waals surface area contributed by atoms with Crippen molar-refractivity contribution in [3.8, 4) is 0 Å². The van der Waals surface area contributed by atoms with E-state index in [1.165, 1.54) is 11.8 Å². The van der Waals surface area contributed by atoms with Gasteiger partial charge in [0, 0.05) is 25.2 Å². The van der Waals surface area contributed by atoms with E-state index in [4.69, 9.17) is 10.2 Å². The number of aryl methyl sites for hydroxylation is 1. The van der Waals surface area contributed by atoms with Crippen molar-refractivity contribution in [1.29, 1.82) is 0 Å². The van der Waals surface area contributed by atoms with Crippen molar-refractivity contribution in [2.24, 2.45) is 7.05 Å². The van der Waals surface area contributed by atoms with E-state index in [1.807, 2.05) is 17.8 Å². The molecule has 68 valence electrons. The van der Waals surface area contributed by atoms with Gasteiger partial charge in [0.25, 0.3) is 0 Å². The molecule has 1 heterocycles. The Hall–Kier alpha value is -0.520. The predicted molar refractivity (Wildman–Crippen MR) is 47.0 cm³/mol. The molecule has 1 aromatic rings. The monoisotopic (exact) mass is 188 g/mol. The van der Waals surface area contributed by atoms with Gasteiger partial charge in [0.05, 0.1) is 12.7 Å². The maximum atomic E-state index is 9.04. The highest BCUT2D eigenvalue weighted by molar-refractivity contribution is 7.99. The lowest BCUT2D eigenvalue weighted by molar-refractivity contribution is 0.113. The van der Waals surface area contributed by atoms with Crippen LogP contribution in [0.1, 0.15) is 0 Å². The molecule has 0 aliphatic heterocycles. The third kappa shape index (κ3) is 2.51. The summed E-state index contributed by atoms with van der Waals surface area (Å²) in [4.78, 5) is 4.06. The Morgan fingerprint density at radius 2 is 2.50 bits per heavy atom. The smallest absolute Gasteiger partial charge is 0.167 e. The van der Waals surface area contributed by atoms with Crippen LogP contribution in [-0.4, -0.2) is 38.2 Å². The molecule has 1 rings (SSSR count). The van der Waals surface area contributed by atoms with E-state index in [-0.39, 0.29) is 6.61 Å². The number of rotatable bonds is 4. The van der Waals surface area contributed by atoms with E-state index >= 15 is 0 Å². The summed E-state index contributed by atoms with van der Waals surface area (Å²) < 4.78 is 1.87. The van der Waals surface area contributed by atoms with E-state index in [0.717, 1.165) is 5.16 Å². The van der Waals surface area contributed by atoms with Gasteiger partial charge in [-0.25, -0.2) is 4.98 Å². The first kappa shape index (κ1) is 9.57. The van der Waals surface area contributed by atoms with Gasteiger partial charge in [0.1, 0.15) is 0 Å². The van der Waals surface area contributed by atoms with E-state index in [0.29, 0.717) is 5.75 Å². The molecule has 0 saturated heterocycles. The standard InChI is InChI=1S/C7H12N2O2S/c1-9-3-2-8-7(9)12-5-6(11)4-10/h2-3,6,10-11H,4-5H2,1H3. The average molecular weight is 188 g/mol. The van der Waals surface area contributed by atoms with E-state index in [1.54, 1.807) is 6.20 Å². The van der Waals surface area contributed by atoms with Crippen LogP contribution >= 0.6 is 11.8 Å². The molecule has 0 bridgehead atoms. The van der Waals surface area contributed by atoms with Gasteiger partial charge >= 0.3 is 0 Å². The minimum absolute atomic E-state index is 0.197. The van der Waals surface area contributed by atoms with Crippen molar-refractivity contribution >= 4 is 11.8 Å². The molecule has 5 heteroatoms. The molecule has 0 radical (unpaired) electrons. The third-order valence-electron chi connectivity index (χ3n) is 1.39. The number of thioether (sulfide) groups is 1. The number of aliphatic hydroxyl groups excluding tert-OH is 2. The molecule has 0 saturated carbocycles. The molecule has 0 fully saturated rings. The molecule has 12 heavy (non-hydrogen) atoms. The number of imidazole rings is 1. The van der Waals surface area contributed by atoms with Crippen LogP contribution in [0.4, 0.5) is 0 Å². The van der Waals surface area contributed by atoms with Gasteiger partial charge in [-0.05, 0) is 0 Å². The van der Waals surface area contributed by atoms with Crippen LogP contribution in [-0.2, 0) is 7.05 Å². The first-order chi connectivity index (χ1) is 5.74. The maximum Gasteiger partial charge on any atom is 0.167 e. The van der Waals surface area contributed by atoms with Crippen molar-refractivity contribution in [2.45, 2.75) is 11.3 Å². The molecule has 1 aromatic heterocycles. The van der Waals surface area contributed by atoms with Crippen LogP contribution < -0.4 is 0 Å². The SMILES string of the molecule is Cn1ccnc1SCC(O)CO. The fourth-order valence-corrected chi connectivity index (χ4v) is 1.56. The van der Waals surface area contributed by atoms with Gasteiger partial charge in [-0.3, -0.25) is 0 Å². The summed E-state index contributed by atoms with van der Waals surface area (Å²) >= 11 is 1.43. The molecular weight excluding hydrogens is 176 g/mol. The zero-order chi connectivity index (χ0) is 8.97. The average Bonchev–Trinajstić information content (AvgIpc) is 2.47. The van der Waals surface area contributed by atoms with Gasteiger partial charge in [-0.1, -0.05) is 11.8 Å². The summed E-state index contributed by atoms with van der Waals surface area (Å²) in [5.74, 6) is 0.474. The molecule has 1 atom stereocenters. The summed E-state index contributed by atoms with van der Waals surface area (Å²) in [5, 5.41) is 18.4. The van der Waals surface area contributed by atoms with Crippen LogP contribution in [0, 0.1) is 0 Å². The highest BCUT2D eigenvalue weighted by Crippen LogP contribution is 2.14. The lowest BCUT2D eigenvalue weighted by atomic mass is 10.4. The molecular formula is C7H12N2O2S. The minimum atomic E-state index is -0.660. The van der Waals surface area contributed by atoms with Gasteiger partial charge in [-0.2, -0.15) is 0 Å². The summed E-state index contributed by atoms with van der Waals surface area (Å²) in [6, 6.07) is 0. The molecule has 0 aromatic carbocycles. The highest BCUT2D eigenvalue weighted by Gasteiger charge is 2.05. The maximum absolute atomic E-state index is 9.04. The van der Waals surface area contributed by atoms with Crippen LogP contribution in [0.5, 0.6) is 0 Å². The Bertz CT molecular complexity index is 239. The normalized spacial score (nSPS) is 13.2. The third-order valence-corrected chi connectivity index (χ3v) is 2.60. The van der Waals surface area contributed by atoms with Crippen LogP contribution in [0.25, 0.3) is 0 Å². The summed E-state index contributed by atoms with van der Waals surface area (Å²) in [6.07, 6.45) is 2.88. The first-order valence-corrected chi connectivity index (χ1v) is 4.61. The van der Waals surface area contributed by atoms with E-state index in [2.05, 4.69) is 4.98 Å². The fourth-order valence-electron chi connectivity index (χ4n) is 0.714. The van der Waals surface area contributed by atoms with E-state index in [9.17, 15) is 0 Å². The Balaban J connectivity index is 2.38. The van der Waals surface area contributed by atoms with E-state index < -0.39 is 6.10 Å². The number of hydrogen-bond acceptors (Lipinski definition) is 4. The van der Waals surface area contributed by atoms with Crippen LogP contribution in [0.2, 0.25) is 0 Å². The van der Waals surface area contributed by atoms with Crippen molar-refractivity contribution in [3.05, 3.63) is 12.4 Å². The molecule has 0 spiro atoms. The van der Waals surface area contributed by atoms with Crippen LogP contribution in [0.3, 0.4) is 0 Å². The zero-order valence-corrected chi connectivity index (χ0v) is 7.66. The molecule has 2 N–H and O–H groups in total. The second-order valence-electron chi connectivity index (χ2n) is 2.47. The fraction of sp³-hybridized carbons (Fsp3) is 0.571. The van der Waals surface area contributed by atoms with Crippen LogP contribution in [0.15, 0.2) is 17.6 Å². The second-order valence-corrected chi connectivity index (χ2v) is 3.46. The topological polar surface area (TPSA) is 58.3 Å². The Morgan fingerprint density at radius 3 is 3.00 bits per heavy atom. The van der Waals surface area contributed by atoms with Crippen molar-refractivity contribution in [2.75, 3.05) is 12.4 Å². The molecule has 0 aliphatic carbocycles. The summed E-state index contributed by atoms with van der Waals surface area (Å²) in [7, 11) is 1.89. The van der Waals surface area contributed by atoms with Crippen molar-refractivity contribution < 1.29 is 10.2 Å². The predicted octanol–water partition coefficient (Wildman–Crippen LogP) is -0.135. The quantitative estimate of drug-likeness (QED) is 0.646. The number of aromatic nitrogens is 2.